The van der Waals surface area contributed by atoms with Crippen LogP contribution in [0.4, 0.5) is 4.39 Å². The Morgan fingerprint density at radius 3 is 2.40 bits per heavy atom. The molecule has 2 aliphatic heterocycles. The Hall–Kier alpha value is -2.27. The molecule has 0 aromatic heterocycles. The summed E-state index contributed by atoms with van der Waals surface area (Å²) in [6.45, 7) is 6.23. The molecular formula is C20H31FN2O7. The van der Waals surface area contributed by atoms with Crippen LogP contribution in [0.2, 0.25) is 0 Å². The minimum absolute atomic E-state index is 0.250. The third-order valence-corrected chi connectivity index (χ3v) is 4.59. The van der Waals surface area contributed by atoms with Crippen molar-refractivity contribution in [2.75, 3.05) is 52.5 Å². The van der Waals surface area contributed by atoms with Crippen molar-refractivity contribution in [3.63, 3.8) is 0 Å². The van der Waals surface area contributed by atoms with Gasteiger partial charge in [-0.3, -0.25) is 19.4 Å². The van der Waals surface area contributed by atoms with Crippen LogP contribution in [0.15, 0.2) is 24.3 Å². The molecule has 9 nitrogen and oxygen atoms in total. The highest BCUT2D eigenvalue weighted by Crippen LogP contribution is 2.19. The lowest BCUT2D eigenvalue weighted by molar-refractivity contribution is -0.123. The Bertz CT molecular complexity index is 586. The van der Waals surface area contributed by atoms with Gasteiger partial charge in [-0.05, 0) is 24.1 Å². The standard InChI is InChI=1S/C18H27FN2O3.2CH2O2/c19-17-13-21(14-18(17)22)12-15-3-1-4-16(11-15)24-8-2-5-20-6-9-23-10-7-20;2*2-1-3/h1,3-4,11,17-18,22H,2,5-10,12-14H2;2*1H,(H,2,3)/t17-,18-;;/m1../s1. The largest absolute Gasteiger partial charge is 0.494 e. The summed E-state index contributed by atoms with van der Waals surface area (Å²) < 4.78 is 24.6. The van der Waals surface area contributed by atoms with E-state index in [1.54, 1.807) is 0 Å². The second kappa shape index (κ2) is 15.6. The zero-order valence-corrected chi connectivity index (χ0v) is 16.9. The fourth-order valence-corrected chi connectivity index (χ4v) is 3.25. The third kappa shape index (κ3) is 10.5. The maximum atomic E-state index is 13.4. The number of nitrogens with zero attached hydrogens (tertiary/aromatic N) is 2. The maximum Gasteiger partial charge on any atom is 0.290 e. The number of likely N-dealkylation sites (tertiary alicyclic amines) is 1. The highest BCUT2D eigenvalue weighted by Gasteiger charge is 2.30. The van der Waals surface area contributed by atoms with Crippen LogP contribution in [-0.2, 0) is 20.9 Å². The highest BCUT2D eigenvalue weighted by molar-refractivity contribution is 5.33. The molecule has 170 valence electrons. The van der Waals surface area contributed by atoms with E-state index in [-0.39, 0.29) is 12.9 Å². The predicted octanol–water partition coefficient (Wildman–Crippen LogP) is 0.704. The molecule has 2 aliphatic rings. The first-order chi connectivity index (χ1) is 14.5. The van der Waals surface area contributed by atoms with E-state index in [1.807, 2.05) is 29.2 Å². The van der Waals surface area contributed by atoms with Gasteiger partial charge in [0.15, 0.2) is 0 Å². The first kappa shape index (κ1) is 25.8. The number of aliphatic hydroxyl groups is 1. The molecule has 0 bridgehead atoms. The molecule has 10 heteroatoms. The van der Waals surface area contributed by atoms with E-state index < -0.39 is 12.3 Å². The lowest BCUT2D eigenvalue weighted by atomic mass is 10.2. The Morgan fingerprint density at radius 1 is 1.13 bits per heavy atom. The Labute approximate surface area is 175 Å². The summed E-state index contributed by atoms with van der Waals surface area (Å²) in [7, 11) is 0. The zero-order valence-electron chi connectivity index (χ0n) is 16.9. The number of hydrogen-bond acceptors (Lipinski definition) is 7. The average molecular weight is 430 g/mol. The number of morpholine rings is 1. The van der Waals surface area contributed by atoms with Crippen molar-refractivity contribution in [1.29, 1.82) is 0 Å². The number of aliphatic hydroxyl groups excluding tert-OH is 1. The predicted molar refractivity (Wildman–Crippen MR) is 107 cm³/mol. The molecule has 2 saturated heterocycles. The van der Waals surface area contributed by atoms with Gasteiger partial charge in [-0.15, -0.1) is 0 Å². The number of hydrogen-bond donors (Lipinski definition) is 3. The fraction of sp³-hybridized carbons (Fsp3) is 0.600. The number of rotatable bonds is 7. The van der Waals surface area contributed by atoms with Gasteiger partial charge in [-0.25, -0.2) is 4.39 Å². The summed E-state index contributed by atoms with van der Waals surface area (Å²) in [5.41, 5.74) is 1.09. The van der Waals surface area contributed by atoms with Gasteiger partial charge < -0.3 is 24.8 Å². The van der Waals surface area contributed by atoms with Crippen molar-refractivity contribution < 1.29 is 38.8 Å². The molecule has 30 heavy (non-hydrogen) atoms. The van der Waals surface area contributed by atoms with Crippen molar-refractivity contribution >= 4 is 12.9 Å². The van der Waals surface area contributed by atoms with Crippen LogP contribution in [0.1, 0.15) is 12.0 Å². The van der Waals surface area contributed by atoms with Gasteiger partial charge in [0.2, 0.25) is 0 Å². The lowest BCUT2D eigenvalue weighted by Crippen LogP contribution is -2.37. The van der Waals surface area contributed by atoms with Crippen molar-refractivity contribution in [3.8, 4) is 5.75 Å². The number of carboxylic acid groups (broad SMARTS) is 2. The van der Waals surface area contributed by atoms with Crippen molar-refractivity contribution in [2.45, 2.75) is 25.2 Å². The highest BCUT2D eigenvalue weighted by atomic mass is 19.1. The summed E-state index contributed by atoms with van der Waals surface area (Å²) in [5, 5.41) is 23.3. The molecule has 3 N–H and O–H groups in total. The van der Waals surface area contributed by atoms with Crippen molar-refractivity contribution in [1.82, 2.24) is 9.80 Å². The molecule has 0 unspecified atom stereocenters. The van der Waals surface area contributed by atoms with Gasteiger partial charge in [0.1, 0.15) is 11.9 Å². The molecule has 0 aliphatic carbocycles. The van der Waals surface area contributed by atoms with Crippen LogP contribution in [0.25, 0.3) is 0 Å². The van der Waals surface area contributed by atoms with Crippen LogP contribution in [0.5, 0.6) is 5.75 Å². The molecule has 1 aromatic rings. The number of ether oxygens (including phenoxy) is 2. The maximum absolute atomic E-state index is 13.4. The number of halogens is 1. The van der Waals surface area contributed by atoms with Crippen LogP contribution >= 0.6 is 0 Å². The quantitative estimate of drug-likeness (QED) is 0.424. The topological polar surface area (TPSA) is 120 Å². The number of alkyl halides is 1. The van der Waals surface area contributed by atoms with Crippen LogP contribution in [-0.4, -0.2) is 103 Å². The molecule has 0 radical (unpaired) electrons. The third-order valence-electron chi connectivity index (χ3n) is 4.59. The van der Waals surface area contributed by atoms with Gasteiger partial charge >= 0.3 is 0 Å². The summed E-state index contributed by atoms with van der Waals surface area (Å²) in [6.07, 6.45) is -0.999. The van der Waals surface area contributed by atoms with E-state index in [0.717, 1.165) is 50.6 Å². The van der Waals surface area contributed by atoms with Crippen LogP contribution in [0, 0.1) is 0 Å². The average Bonchev–Trinajstić information content (AvgIpc) is 3.04. The molecule has 1 aromatic carbocycles. The van der Waals surface area contributed by atoms with E-state index in [9.17, 15) is 9.50 Å². The van der Waals surface area contributed by atoms with Gasteiger partial charge in [0.25, 0.3) is 12.9 Å². The Kier molecular flexibility index (Phi) is 13.4. The first-order valence-corrected chi connectivity index (χ1v) is 9.76. The summed E-state index contributed by atoms with van der Waals surface area (Å²) in [4.78, 5) is 21.1. The van der Waals surface area contributed by atoms with E-state index in [2.05, 4.69) is 4.90 Å². The molecule has 3 rings (SSSR count). The Balaban J connectivity index is 0.000000672. The van der Waals surface area contributed by atoms with Gasteiger partial charge in [0.05, 0.1) is 25.9 Å². The molecule has 0 saturated carbocycles. The van der Waals surface area contributed by atoms with Crippen LogP contribution < -0.4 is 4.74 Å². The van der Waals surface area contributed by atoms with Crippen molar-refractivity contribution in [3.05, 3.63) is 29.8 Å². The van der Waals surface area contributed by atoms with E-state index in [4.69, 9.17) is 29.3 Å². The van der Waals surface area contributed by atoms with Gasteiger partial charge in [-0.2, -0.15) is 0 Å². The monoisotopic (exact) mass is 430 g/mol. The second-order valence-corrected chi connectivity index (χ2v) is 6.79. The van der Waals surface area contributed by atoms with Gasteiger partial charge in [0, 0.05) is 39.3 Å². The van der Waals surface area contributed by atoms with Gasteiger partial charge in [-0.1, -0.05) is 12.1 Å². The zero-order chi connectivity index (χ0) is 22.2. The Morgan fingerprint density at radius 2 is 1.80 bits per heavy atom. The number of carbonyl (C=O) groups is 2. The molecule has 0 amide bonds. The van der Waals surface area contributed by atoms with E-state index in [0.29, 0.717) is 26.2 Å². The first-order valence-electron chi connectivity index (χ1n) is 9.76. The summed E-state index contributed by atoms with van der Waals surface area (Å²) in [6, 6.07) is 7.94. The van der Waals surface area contributed by atoms with E-state index >= 15 is 0 Å². The van der Waals surface area contributed by atoms with Crippen molar-refractivity contribution in [2.24, 2.45) is 0 Å². The molecule has 2 atom stereocenters. The molecule has 2 fully saturated rings. The smallest absolute Gasteiger partial charge is 0.290 e. The second-order valence-electron chi connectivity index (χ2n) is 6.79. The molecular weight excluding hydrogens is 399 g/mol. The lowest BCUT2D eigenvalue weighted by Gasteiger charge is -2.26. The summed E-state index contributed by atoms with van der Waals surface area (Å²) >= 11 is 0. The normalized spacial score (nSPS) is 21.5. The van der Waals surface area contributed by atoms with Crippen LogP contribution in [0.3, 0.4) is 0 Å². The molecule has 0 spiro atoms. The van der Waals surface area contributed by atoms with E-state index in [1.165, 1.54) is 0 Å². The molecule has 2 heterocycles. The SMILES string of the molecule is O=CO.O=CO.O[C@@H]1CN(Cc2cccc(OCCCN3CCOCC3)c2)C[C@H]1F. The number of β-amino-alcohol motifs (C(OH)–C–C–N with tert-alkyl or cyclic N) is 1. The fourth-order valence-electron chi connectivity index (χ4n) is 3.25. The minimum Gasteiger partial charge on any atom is -0.494 e. The summed E-state index contributed by atoms with van der Waals surface area (Å²) in [5.74, 6) is 0.853. The minimum atomic E-state index is -1.13. The number of benzene rings is 1.